The third kappa shape index (κ3) is 3.70. The molecule has 0 aliphatic heterocycles. The highest BCUT2D eigenvalue weighted by molar-refractivity contribution is 8.47. The predicted octanol–water partition coefficient (Wildman–Crippen LogP) is 2.51. The van der Waals surface area contributed by atoms with Crippen LogP contribution in [0.2, 0.25) is 0 Å². The fourth-order valence-corrected chi connectivity index (χ4v) is 5.75. The average molecular weight is 262 g/mol. The molecule has 0 bridgehead atoms. The summed E-state index contributed by atoms with van der Waals surface area (Å²) in [6.45, 7) is 5.43. The summed E-state index contributed by atoms with van der Waals surface area (Å²) < 4.78 is 26.6. The first-order valence-corrected chi connectivity index (χ1v) is 9.22. The molecule has 0 radical (unpaired) electrons. The van der Waals surface area contributed by atoms with Gasteiger partial charge in [-0.25, -0.2) is 4.57 Å². The molecule has 0 rings (SSSR count). The largest absolute Gasteiger partial charge is 0.411 e. The van der Waals surface area contributed by atoms with Gasteiger partial charge in [-0.3, -0.25) is 0 Å². The van der Waals surface area contributed by atoms with Gasteiger partial charge in [-0.2, -0.15) is 0 Å². The molecule has 0 aliphatic rings. The number of rotatable bonds is 7. The third-order valence-corrected chi connectivity index (χ3v) is 8.59. The van der Waals surface area contributed by atoms with Crippen molar-refractivity contribution >= 4 is 25.3 Å². The first kappa shape index (κ1) is 14.7. The Morgan fingerprint density at radius 3 is 1.71 bits per heavy atom. The van der Waals surface area contributed by atoms with E-state index in [2.05, 4.69) is 0 Å². The van der Waals surface area contributed by atoms with Crippen molar-refractivity contribution in [2.24, 2.45) is 0 Å². The van der Waals surface area contributed by atoms with E-state index in [9.17, 15) is 9.46 Å². The summed E-state index contributed by atoms with van der Waals surface area (Å²) in [6.07, 6.45) is -3.50. The summed E-state index contributed by atoms with van der Waals surface area (Å²) in [5.74, 6) is 0. The molecule has 5 nitrogen and oxygen atoms in total. The van der Waals surface area contributed by atoms with Crippen LogP contribution >= 0.6 is 13.5 Å². The lowest BCUT2D eigenvalue weighted by Crippen LogP contribution is -1.99. The first-order chi connectivity index (χ1) is 6.43. The Labute approximate surface area is 89.4 Å². The van der Waals surface area contributed by atoms with Crippen LogP contribution in [0.1, 0.15) is 20.8 Å². The smallest absolute Gasteiger partial charge is 0.337 e. The van der Waals surface area contributed by atoms with Gasteiger partial charge in [0, 0.05) is 0 Å². The summed E-state index contributed by atoms with van der Waals surface area (Å²) in [6, 6.07) is 0. The second-order valence-electron chi connectivity index (χ2n) is 2.21. The Hall–Kier alpha value is 0.720. The van der Waals surface area contributed by atoms with E-state index in [1.54, 1.807) is 20.8 Å². The lowest BCUT2D eigenvalue weighted by atomic mass is 10.9. The minimum atomic E-state index is -3.68. The van der Waals surface area contributed by atoms with Gasteiger partial charge in [0.1, 0.15) is 0 Å². The van der Waals surface area contributed by atoms with Crippen LogP contribution in [0.5, 0.6) is 0 Å². The second kappa shape index (κ2) is 6.33. The fourth-order valence-electron chi connectivity index (χ4n) is 0.748. The maximum Gasteiger partial charge on any atom is 0.411 e. The molecule has 1 atom stereocenters. The molecule has 0 aliphatic carbocycles. The van der Waals surface area contributed by atoms with Crippen LogP contribution in [0, 0.1) is 0 Å². The van der Waals surface area contributed by atoms with Gasteiger partial charge >= 0.3 is 13.5 Å². The Kier molecular flexibility index (Phi) is 6.66. The van der Waals surface area contributed by atoms with E-state index in [1.165, 1.54) is 0 Å². The molecule has 8 heteroatoms. The highest BCUT2D eigenvalue weighted by Gasteiger charge is 2.42. The molecule has 0 fully saturated rings. The highest BCUT2D eigenvalue weighted by atomic mass is 32.6. The van der Waals surface area contributed by atoms with Crippen LogP contribution in [0.15, 0.2) is 0 Å². The Morgan fingerprint density at radius 2 is 1.43 bits per heavy atom. The van der Waals surface area contributed by atoms with Crippen molar-refractivity contribution < 1.29 is 23.0 Å². The van der Waals surface area contributed by atoms with Gasteiger partial charge in [0.05, 0.1) is 19.8 Å². The van der Waals surface area contributed by atoms with Crippen molar-refractivity contribution in [3.8, 4) is 0 Å². The Balaban J connectivity index is 4.79. The molecule has 1 unspecified atom stereocenters. The molecule has 0 amide bonds. The molecule has 1 N–H and O–H groups in total. The van der Waals surface area contributed by atoms with Crippen molar-refractivity contribution in [3.05, 3.63) is 0 Å². The second-order valence-corrected chi connectivity index (χ2v) is 10.3. The van der Waals surface area contributed by atoms with Crippen LogP contribution in [0.3, 0.4) is 0 Å². The number of hydrogen-bond donors (Lipinski definition) is 1. The summed E-state index contributed by atoms with van der Waals surface area (Å²) in [5.41, 5.74) is 0. The third-order valence-electron chi connectivity index (χ3n) is 1.19. The molecule has 0 aromatic carbocycles. The monoisotopic (exact) mass is 262 g/mol. The van der Waals surface area contributed by atoms with Crippen LogP contribution in [0.4, 0.5) is 0 Å². The van der Waals surface area contributed by atoms with E-state index in [0.29, 0.717) is 0 Å². The zero-order valence-electron chi connectivity index (χ0n) is 8.50. The van der Waals surface area contributed by atoms with Crippen molar-refractivity contribution in [2.45, 2.75) is 20.8 Å². The summed E-state index contributed by atoms with van der Waals surface area (Å²) >= 11 is 4.74. The van der Waals surface area contributed by atoms with Crippen molar-refractivity contribution in [2.75, 3.05) is 19.8 Å². The molecule has 0 saturated carbocycles. The zero-order valence-corrected chi connectivity index (χ0v) is 11.1. The van der Waals surface area contributed by atoms with E-state index in [4.69, 9.17) is 25.4 Å². The predicted molar refractivity (Wildman–Crippen MR) is 59.0 cm³/mol. The lowest BCUT2D eigenvalue weighted by molar-refractivity contribution is 0.223. The van der Waals surface area contributed by atoms with Crippen molar-refractivity contribution in [1.82, 2.24) is 0 Å². The SMILES string of the molecule is CCOP(=O)(OCC)P(O)(=S)OCC. The van der Waals surface area contributed by atoms with E-state index in [-0.39, 0.29) is 19.8 Å². The van der Waals surface area contributed by atoms with Crippen molar-refractivity contribution in [3.63, 3.8) is 0 Å². The van der Waals surface area contributed by atoms with E-state index in [1.807, 2.05) is 0 Å². The molecule has 14 heavy (non-hydrogen) atoms. The Bertz CT molecular complexity index is 247. The molecular weight excluding hydrogens is 246 g/mol. The Morgan fingerprint density at radius 1 is 1.07 bits per heavy atom. The van der Waals surface area contributed by atoms with E-state index < -0.39 is 13.5 Å². The van der Waals surface area contributed by atoms with Gasteiger partial charge in [0.25, 0.3) is 0 Å². The molecule has 0 spiro atoms. The molecule has 0 aromatic rings. The van der Waals surface area contributed by atoms with E-state index in [0.717, 1.165) is 0 Å². The standard InChI is InChI=1S/C6H16O5P2S/c1-4-9-12(7,10-5-2)13(8,14)11-6-3/h4-6H2,1-3H3,(H,8,14). The van der Waals surface area contributed by atoms with Gasteiger partial charge < -0.3 is 18.5 Å². The summed E-state index contributed by atoms with van der Waals surface area (Å²) in [7, 11) is -3.68. The summed E-state index contributed by atoms with van der Waals surface area (Å²) in [4.78, 5) is 9.69. The summed E-state index contributed by atoms with van der Waals surface area (Å²) in [5, 5.41) is 0. The topological polar surface area (TPSA) is 65.0 Å². The lowest BCUT2D eigenvalue weighted by Gasteiger charge is -2.23. The van der Waals surface area contributed by atoms with Gasteiger partial charge in [-0.05, 0) is 32.6 Å². The van der Waals surface area contributed by atoms with Crippen LogP contribution in [-0.4, -0.2) is 24.7 Å². The van der Waals surface area contributed by atoms with Crippen LogP contribution < -0.4 is 0 Å². The number of hydrogen-bond acceptors (Lipinski definition) is 5. The molecule has 0 heterocycles. The molecule has 86 valence electrons. The average Bonchev–Trinajstić information content (AvgIpc) is 2.04. The van der Waals surface area contributed by atoms with Crippen LogP contribution in [0.25, 0.3) is 0 Å². The highest BCUT2D eigenvalue weighted by Crippen LogP contribution is 2.81. The van der Waals surface area contributed by atoms with Gasteiger partial charge in [-0.15, -0.1) is 0 Å². The molecule has 0 aromatic heterocycles. The van der Waals surface area contributed by atoms with Gasteiger partial charge in [0.15, 0.2) is 0 Å². The van der Waals surface area contributed by atoms with Crippen LogP contribution in [-0.2, 0) is 29.9 Å². The van der Waals surface area contributed by atoms with Gasteiger partial charge in [-0.1, -0.05) is 0 Å². The van der Waals surface area contributed by atoms with Gasteiger partial charge in [0.2, 0.25) is 0 Å². The molecular formula is C6H16O5P2S. The first-order valence-electron chi connectivity index (χ1n) is 4.30. The normalized spacial score (nSPS) is 16.6. The minimum Gasteiger partial charge on any atom is -0.337 e. The minimum absolute atomic E-state index is 0.156. The maximum atomic E-state index is 12.0. The fraction of sp³-hybridized carbons (Fsp3) is 1.00. The zero-order chi connectivity index (χ0) is 11.2. The maximum absolute atomic E-state index is 12.0. The molecule has 0 saturated heterocycles. The van der Waals surface area contributed by atoms with Crippen molar-refractivity contribution in [1.29, 1.82) is 0 Å². The van der Waals surface area contributed by atoms with E-state index >= 15 is 0 Å². The quantitative estimate of drug-likeness (QED) is 0.711.